The van der Waals surface area contributed by atoms with Crippen molar-refractivity contribution in [1.82, 2.24) is 0 Å². The number of allylic oxidation sites excluding steroid dienone is 1. The molecule has 0 fully saturated rings. The number of nitrogens with two attached hydrogens (primary N) is 1. The number of methoxy groups -OCH3 is 4. The van der Waals surface area contributed by atoms with Crippen LogP contribution in [0, 0.1) is 0 Å². The highest BCUT2D eigenvalue weighted by atomic mass is 16.5. The van der Waals surface area contributed by atoms with Gasteiger partial charge in [0, 0.05) is 23.1 Å². The Hall–Kier alpha value is -3.15. The zero-order valence-electron chi connectivity index (χ0n) is 15.2. The van der Waals surface area contributed by atoms with Crippen LogP contribution in [0.3, 0.4) is 0 Å². The maximum Gasteiger partial charge on any atom is 0.203 e. The van der Waals surface area contributed by atoms with Crippen LogP contribution in [-0.4, -0.2) is 34.2 Å². The van der Waals surface area contributed by atoms with Gasteiger partial charge in [-0.2, -0.15) is 0 Å². The van der Waals surface area contributed by atoms with Gasteiger partial charge >= 0.3 is 0 Å². The number of carbonyl (C=O) groups is 1. The lowest BCUT2D eigenvalue weighted by atomic mass is 10.1. The number of fused-ring (bicyclic) bond motifs is 1. The summed E-state index contributed by atoms with van der Waals surface area (Å²) < 4.78 is 21.4. The molecule has 0 bridgehead atoms. The summed E-state index contributed by atoms with van der Waals surface area (Å²) in [6, 6.07) is 7.11. The van der Waals surface area contributed by atoms with Crippen molar-refractivity contribution in [3.8, 4) is 23.0 Å². The Morgan fingerprint density at radius 3 is 2.19 bits per heavy atom. The van der Waals surface area contributed by atoms with E-state index in [1.165, 1.54) is 7.11 Å². The van der Waals surface area contributed by atoms with E-state index in [9.17, 15) is 4.79 Å². The molecule has 2 N–H and O–H groups in total. The Labute approximate surface area is 152 Å². The Kier molecular flexibility index (Phi) is 4.75. The second-order valence-electron chi connectivity index (χ2n) is 5.85. The van der Waals surface area contributed by atoms with E-state index in [0.29, 0.717) is 46.2 Å². The van der Waals surface area contributed by atoms with E-state index in [4.69, 9.17) is 24.7 Å². The second-order valence-corrected chi connectivity index (χ2v) is 5.85. The van der Waals surface area contributed by atoms with Gasteiger partial charge in [0.1, 0.15) is 5.75 Å². The summed E-state index contributed by atoms with van der Waals surface area (Å²) in [5, 5.41) is 0. The second kappa shape index (κ2) is 7.00. The van der Waals surface area contributed by atoms with Gasteiger partial charge in [-0.05, 0) is 29.8 Å². The van der Waals surface area contributed by atoms with Crippen molar-refractivity contribution < 1.29 is 23.7 Å². The maximum absolute atomic E-state index is 12.9. The Balaban J connectivity index is 2.06. The number of rotatable bonds is 5. The normalized spacial score (nSPS) is 14.3. The predicted molar refractivity (Wildman–Crippen MR) is 99.5 cm³/mol. The lowest BCUT2D eigenvalue weighted by Crippen LogP contribution is -2.01. The number of ether oxygens (including phenoxy) is 4. The number of benzene rings is 2. The molecule has 0 heterocycles. The van der Waals surface area contributed by atoms with E-state index >= 15 is 0 Å². The molecule has 2 aromatic carbocycles. The van der Waals surface area contributed by atoms with Crippen molar-refractivity contribution in [2.24, 2.45) is 0 Å². The molecule has 0 spiro atoms. The van der Waals surface area contributed by atoms with Crippen LogP contribution in [0.1, 0.15) is 21.5 Å². The van der Waals surface area contributed by atoms with Crippen molar-refractivity contribution in [3.63, 3.8) is 0 Å². The molecule has 0 aromatic heterocycles. The topological polar surface area (TPSA) is 80.0 Å². The highest BCUT2D eigenvalue weighted by Crippen LogP contribution is 2.46. The van der Waals surface area contributed by atoms with E-state index < -0.39 is 0 Å². The first-order valence-electron chi connectivity index (χ1n) is 8.04. The zero-order valence-corrected chi connectivity index (χ0v) is 15.2. The van der Waals surface area contributed by atoms with Crippen LogP contribution in [0.4, 0.5) is 5.69 Å². The summed E-state index contributed by atoms with van der Waals surface area (Å²) in [6.45, 7) is 0. The van der Waals surface area contributed by atoms with E-state index in [2.05, 4.69) is 0 Å². The van der Waals surface area contributed by atoms with Gasteiger partial charge in [-0.25, -0.2) is 0 Å². The third-order valence-corrected chi connectivity index (χ3v) is 4.43. The molecule has 0 atom stereocenters. The number of hydrogen-bond acceptors (Lipinski definition) is 6. The van der Waals surface area contributed by atoms with Crippen LogP contribution in [0.2, 0.25) is 0 Å². The molecule has 3 rings (SSSR count). The first kappa shape index (κ1) is 17.7. The van der Waals surface area contributed by atoms with Crippen LogP contribution in [-0.2, 0) is 6.42 Å². The molecule has 1 aliphatic rings. The molecule has 0 radical (unpaired) electrons. The number of anilines is 1. The van der Waals surface area contributed by atoms with Crippen molar-refractivity contribution >= 4 is 17.5 Å². The molecule has 136 valence electrons. The Bertz CT molecular complexity index is 902. The van der Waals surface area contributed by atoms with Crippen LogP contribution in [0.5, 0.6) is 23.0 Å². The van der Waals surface area contributed by atoms with Crippen molar-refractivity contribution in [2.75, 3.05) is 34.2 Å². The molecule has 26 heavy (non-hydrogen) atoms. The maximum atomic E-state index is 12.9. The van der Waals surface area contributed by atoms with Crippen LogP contribution < -0.4 is 24.7 Å². The van der Waals surface area contributed by atoms with Crippen LogP contribution >= 0.6 is 0 Å². The lowest BCUT2D eigenvalue weighted by Gasteiger charge is -2.15. The van der Waals surface area contributed by atoms with E-state index in [1.807, 2.05) is 12.1 Å². The summed E-state index contributed by atoms with van der Waals surface area (Å²) in [5.41, 5.74) is 9.31. The van der Waals surface area contributed by atoms with E-state index in [-0.39, 0.29) is 5.78 Å². The van der Waals surface area contributed by atoms with E-state index in [1.54, 1.807) is 39.5 Å². The molecule has 6 heteroatoms. The highest BCUT2D eigenvalue weighted by Gasteiger charge is 2.32. The zero-order chi connectivity index (χ0) is 18.8. The van der Waals surface area contributed by atoms with Crippen LogP contribution in [0.25, 0.3) is 6.08 Å². The fourth-order valence-electron chi connectivity index (χ4n) is 3.20. The number of carbonyl (C=O) groups excluding carboxylic acids is 1. The Morgan fingerprint density at radius 1 is 0.923 bits per heavy atom. The molecule has 0 amide bonds. The van der Waals surface area contributed by atoms with Crippen molar-refractivity contribution in [2.45, 2.75) is 6.42 Å². The SMILES string of the molecule is COc1ccc(/C=C2\Cc3c(cc(OC)c(OC)c3OC)C2=O)cc1N. The monoisotopic (exact) mass is 355 g/mol. The molecule has 0 aliphatic heterocycles. The fourth-order valence-corrected chi connectivity index (χ4v) is 3.20. The third kappa shape index (κ3) is 2.83. The van der Waals surface area contributed by atoms with Gasteiger partial charge in [-0.3, -0.25) is 4.79 Å². The third-order valence-electron chi connectivity index (χ3n) is 4.43. The first-order chi connectivity index (χ1) is 12.5. The molecular weight excluding hydrogens is 334 g/mol. The molecule has 6 nitrogen and oxygen atoms in total. The van der Waals surface area contributed by atoms with Gasteiger partial charge in [0.25, 0.3) is 0 Å². The smallest absolute Gasteiger partial charge is 0.203 e. The lowest BCUT2D eigenvalue weighted by molar-refractivity contribution is 0.104. The minimum absolute atomic E-state index is 0.0614. The summed E-state index contributed by atoms with van der Waals surface area (Å²) in [4.78, 5) is 12.9. The summed E-state index contributed by atoms with van der Waals surface area (Å²) in [7, 11) is 6.18. The fraction of sp³-hybridized carbons (Fsp3) is 0.250. The van der Waals surface area contributed by atoms with Crippen molar-refractivity contribution in [3.05, 3.63) is 46.5 Å². The molecule has 0 saturated heterocycles. The van der Waals surface area contributed by atoms with Gasteiger partial charge in [-0.1, -0.05) is 6.07 Å². The molecule has 0 saturated carbocycles. The average molecular weight is 355 g/mol. The summed E-state index contributed by atoms with van der Waals surface area (Å²) in [6.07, 6.45) is 2.28. The van der Waals surface area contributed by atoms with Crippen LogP contribution in [0.15, 0.2) is 29.8 Å². The average Bonchev–Trinajstić information content (AvgIpc) is 2.95. The minimum atomic E-state index is -0.0614. The molecule has 0 unspecified atom stereocenters. The first-order valence-corrected chi connectivity index (χ1v) is 8.04. The number of hydrogen-bond donors (Lipinski definition) is 1. The summed E-state index contributed by atoms with van der Waals surface area (Å²) >= 11 is 0. The predicted octanol–water partition coefficient (Wildman–Crippen LogP) is 3.13. The van der Waals surface area contributed by atoms with Gasteiger partial charge in [0.2, 0.25) is 5.75 Å². The van der Waals surface area contributed by atoms with Gasteiger partial charge in [-0.15, -0.1) is 0 Å². The number of nitrogen functional groups attached to an aromatic ring is 1. The molecule has 2 aromatic rings. The Morgan fingerprint density at radius 2 is 1.62 bits per heavy atom. The number of ketones is 1. The summed E-state index contributed by atoms with van der Waals surface area (Å²) in [5.74, 6) is 2.01. The highest BCUT2D eigenvalue weighted by molar-refractivity contribution is 6.16. The van der Waals surface area contributed by atoms with Gasteiger partial charge < -0.3 is 24.7 Å². The number of Topliss-reactive ketones (excluding diaryl/α,β-unsaturated/α-hetero) is 1. The van der Waals surface area contributed by atoms with Gasteiger partial charge in [0.15, 0.2) is 17.3 Å². The standard InChI is InChI=1S/C20H21NO5/c1-23-16-6-5-11(8-15(16)21)7-12-9-14-13(18(12)22)10-17(24-2)20(26-4)19(14)25-3/h5-8,10H,9,21H2,1-4H3/b12-7+. The van der Waals surface area contributed by atoms with Crippen molar-refractivity contribution in [1.29, 1.82) is 0 Å². The molecular formula is C20H21NO5. The minimum Gasteiger partial charge on any atom is -0.495 e. The van der Waals surface area contributed by atoms with Gasteiger partial charge in [0.05, 0.1) is 34.1 Å². The largest absolute Gasteiger partial charge is 0.495 e. The van der Waals surface area contributed by atoms with E-state index in [0.717, 1.165) is 11.1 Å². The molecule has 1 aliphatic carbocycles. The quantitative estimate of drug-likeness (QED) is 0.656.